The molecule has 1 heterocycles. The van der Waals surface area contributed by atoms with Crippen LogP contribution < -0.4 is 10.6 Å². The zero-order valence-electron chi connectivity index (χ0n) is 16.3. The highest BCUT2D eigenvalue weighted by molar-refractivity contribution is 14.0. The number of aryl methyl sites for hydroxylation is 2. The molecule has 1 unspecified atom stereocenters. The second kappa shape index (κ2) is 11.3. The molecule has 1 atom stereocenters. The van der Waals surface area contributed by atoms with Crippen molar-refractivity contribution in [2.45, 2.75) is 58.5 Å². The van der Waals surface area contributed by atoms with E-state index in [1.165, 1.54) is 37.0 Å². The van der Waals surface area contributed by atoms with Gasteiger partial charge in [-0.05, 0) is 46.7 Å². The van der Waals surface area contributed by atoms with E-state index in [1.54, 1.807) is 11.3 Å². The molecular weight excluding hydrogens is 445 g/mol. The Morgan fingerprint density at radius 1 is 1.24 bits per heavy atom. The summed E-state index contributed by atoms with van der Waals surface area (Å²) < 4.78 is 0. The van der Waals surface area contributed by atoms with Crippen LogP contribution in [0.3, 0.4) is 0 Å². The fraction of sp³-hybridized carbons (Fsp3) is 0.778. The Labute approximate surface area is 174 Å². The van der Waals surface area contributed by atoms with E-state index in [2.05, 4.69) is 53.5 Å². The van der Waals surface area contributed by atoms with E-state index in [4.69, 9.17) is 0 Å². The molecule has 0 bridgehead atoms. The summed E-state index contributed by atoms with van der Waals surface area (Å²) >= 11 is 1.75. The number of aromatic nitrogens is 1. The molecule has 1 aliphatic carbocycles. The molecule has 2 rings (SSSR count). The first-order valence-corrected chi connectivity index (χ1v) is 9.86. The first-order valence-electron chi connectivity index (χ1n) is 9.05. The van der Waals surface area contributed by atoms with Crippen molar-refractivity contribution in [3.63, 3.8) is 0 Å². The van der Waals surface area contributed by atoms with Gasteiger partial charge in [0, 0.05) is 24.5 Å². The summed E-state index contributed by atoms with van der Waals surface area (Å²) in [5.74, 6) is 1.66. The molecule has 1 aliphatic rings. The smallest absolute Gasteiger partial charge is 0.191 e. The number of aliphatic imine (C=N–C) groups is 1. The second-order valence-electron chi connectivity index (χ2n) is 6.98. The standard InChI is InChI=1S/C18H33N5S.HI/c1-13-14(2)24-17(22-13)12-21-18(19-3)20-11-16(23(4)5)15-9-7-6-8-10-15;/h15-16H,6-12H2,1-5H3,(H2,19,20,21);1H. The lowest BCUT2D eigenvalue weighted by Crippen LogP contribution is -2.48. The predicted octanol–water partition coefficient (Wildman–Crippen LogP) is 3.55. The zero-order valence-corrected chi connectivity index (χ0v) is 19.4. The highest BCUT2D eigenvalue weighted by Crippen LogP contribution is 2.28. The van der Waals surface area contributed by atoms with Gasteiger partial charge in [0.15, 0.2) is 5.96 Å². The zero-order chi connectivity index (χ0) is 17.5. The maximum atomic E-state index is 4.58. The van der Waals surface area contributed by atoms with Crippen molar-refractivity contribution in [3.05, 3.63) is 15.6 Å². The van der Waals surface area contributed by atoms with Gasteiger partial charge in [0.2, 0.25) is 0 Å². The minimum absolute atomic E-state index is 0. The molecule has 1 fully saturated rings. The Kier molecular flexibility index (Phi) is 10.3. The number of rotatable bonds is 6. The summed E-state index contributed by atoms with van der Waals surface area (Å²) in [6, 6.07) is 0.563. The average Bonchev–Trinajstić information content (AvgIpc) is 2.89. The summed E-state index contributed by atoms with van der Waals surface area (Å²) in [6.45, 7) is 5.85. The summed E-state index contributed by atoms with van der Waals surface area (Å²) in [5, 5.41) is 8.02. The van der Waals surface area contributed by atoms with E-state index < -0.39 is 0 Å². The Morgan fingerprint density at radius 2 is 1.92 bits per heavy atom. The minimum Gasteiger partial charge on any atom is -0.355 e. The number of guanidine groups is 1. The van der Waals surface area contributed by atoms with Crippen LogP contribution in [0.4, 0.5) is 0 Å². The van der Waals surface area contributed by atoms with Crippen LogP contribution in [0.15, 0.2) is 4.99 Å². The van der Waals surface area contributed by atoms with Gasteiger partial charge >= 0.3 is 0 Å². The first-order chi connectivity index (χ1) is 11.5. The van der Waals surface area contributed by atoms with Crippen LogP contribution in [-0.2, 0) is 6.54 Å². The van der Waals surface area contributed by atoms with Crippen LogP contribution in [0.2, 0.25) is 0 Å². The molecule has 144 valence electrons. The van der Waals surface area contributed by atoms with Gasteiger partial charge in [0.05, 0.1) is 12.2 Å². The SMILES string of the molecule is CN=C(NCc1nc(C)c(C)s1)NCC(C1CCCCC1)N(C)C.I. The maximum absolute atomic E-state index is 4.58. The molecule has 25 heavy (non-hydrogen) atoms. The van der Waals surface area contributed by atoms with E-state index in [0.717, 1.165) is 35.7 Å². The van der Waals surface area contributed by atoms with Crippen LogP contribution in [0, 0.1) is 19.8 Å². The van der Waals surface area contributed by atoms with E-state index in [0.29, 0.717) is 6.04 Å². The molecule has 0 aromatic carbocycles. The molecule has 7 heteroatoms. The van der Waals surface area contributed by atoms with E-state index in [-0.39, 0.29) is 24.0 Å². The quantitative estimate of drug-likeness (QED) is 0.372. The molecule has 0 radical (unpaired) electrons. The van der Waals surface area contributed by atoms with Crippen LogP contribution in [0.1, 0.15) is 47.7 Å². The lowest BCUT2D eigenvalue weighted by atomic mass is 9.83. The molecule has 0 aliphatic heterocycles. The van der Waals surface area contributed by atoms with Crippen molar-refractivity contribution in [2.75, 3.05) is 27.7 Å². The van der Waals surface area contributed by atoms with Crippen molar-refractivity contribution in [3.8, 4) is 0 Å². The lowest BCUT2D eigenvalue weighted by Gasteiger charge is -2.35. The molecule has 0 amide bonds. The molecule has 1 aromatic rings. The van der Waals surface area contributed by atoms with Gasteiger partial charge in [-0.25, -0.2) is 4.98 Å². The number of nitrogens with zero attached hydrogens (tertiary/aromatic N) is 3. The first kappa shape index (κ1) is 22.6. The second-order valence-corrected chi connectivity index (χ2v) is 8.27. The average molecular weight is 479 g/mol. The lowest BCUT2D eigenvalue weighted by molar-refractivity contribution is 0.171. The third kappa shape index (κ3) is 7.02. The van der Waals surface area contributed by atoms with Crippen LogP contribution in [0.25, 0.3) is 0 Å². The number of thiazole rings is 1. The van der Waals surface area contributed by atoms with Gasteiger partial charge < -0.3 is 15.5 Å². The number of nitrogens with one attached hydrogen (secondary N) is 2. The van der Waals surface area contributed by atoms with Crippen LogP contribution in [0.5, 0.6) is 0 Å². The van der Waals surface area contributed by atoms with Crippen LogP contribution >= 0.6 is 35.3 Å². The maximum Gasteiger partial charge on any atom is 0.191 e. The van der Waals surface area contributed by atoms with Gasteiger partial charge in [-0.15, -0.1) is 35.3 Å². The summed E-state index contributed by atoms with van der Waals surface area (Å²) in [5.41, 5.74) is 1.13. The molecule has 0 saturated heterocycles. The van der Waals surface area contributed by atoms with Crippen molar-refractivity contribution in [1.82, 2.24) is 20.5 Å². The molecule has 1 aromatic heterocycles. The molecule has 2 N–H and O–H groups in total. The Balaban J connectivity index is 0.00000312. The van der Waals surface area contributed by atoms with Gasteiger partial charge in [-0.1, -0.05) is 19.3 Å². The van der Waals surface area contributed by atoms with E-state index in [1.807, 2.05) is 7.05 Å². The number of likely N-dealkylation sites (N-methyl/N-ethyl adjacent to an activating group) is 1. The van der Waals surface area contributed by atoms with Crippen molar-refractivity contribution in [1.29, 1.82) is 0 Å². The Bertz CT molecular complexity index is 518. The van der Waals surface area contributed by atoms with Gasteiger partial charge in [-0.3, -0.25) is 4.99 Å². The number of hydrogen-bond acceptors (Lipinski definition) is 4. The van der Waals surface area contributed by atoms with Crippen LogP contribution in [-0.4, -0.2) is 49.6 Å². The third-order valence-electron chi connectivity index (χ3n) is 5.04. The van der Waals surface area contributed by atoms with E-state index >= 15 is 0 Å². The minimum atomic E-state index is 0. The third-order valence-corrected chi connectivity index (χ3v) is 6.11. The van der Waals surface area contributed by atoms with Crippen molar-refractivity contribution < 1.29 is 0 Å². The van der Waals surface area contributed by atoms with Gasteiger partial charge in [0.25, 0.3) is 0 Å². The molecule has 1 saturated carbocycles. The van der Waals surface area contributed by atoms with Crippen molar-refractivity contribution in [2.24, 2.45) is 10.9 Å². The monoisotopic (exact) mass is 479 g/mol. The Hall–Kier alpha value is -0.410. The van der Waals surface area contributed by atoms with Gasteiger partial charge in [-0.2, -0.15) is 0 Å². The highest BCUT2D eigenvalue weighted by Gasteiger charge is 2.25. The summed E-state index contributed by atoms with van der Waals surface area (Å²) in [4.78, 5) is 12.6. The van der Waals surface area contributed by atoms with Gasteiger partial charge in [0.1, 0.15) is 5.01 Å². The number of hydrogen-bond donors (Lipinski definition) is 2. The van der Waals surface area contributed by atoms with Crippen molar-refractivity contribution >= 4 is 41.3 Å². The van der Waals surface area contributed by atoms with E-state index in [9.17, 15) is 0 Å². The molecule has 5 nitrogen and oxygen atoms in total. The fourth-order valence-corrected chi connectivity index (χ4v) is 4.36. The molecule has 0 spiro atoms. The largest absolute Gasteiger partial charge is 0.355 e. The predicted molar refractivity (Wildman–Crippen MR) is 119 cm³/mol. The fourth-order valence-electron chi connectivity index (χ4n) is 3.49. The molecular formula is C18H34IN5S. The highest BCUT2D eigenvalue weighted by atomic mass is 127. The number of halogens is 1. The summed E-state index contributed by atoms with van der Waals surface area (Å²) in [7, 11) is 6.22. The Morgan fingerprint density at radius 3 is 2.44 bits per heavy atom. The normalized spacial score (nSPS) is 17.3. The summed E-state index contributed by atoms with van der Waals surface area (Å²) in [6.07, 6.45) is 6.87. The topological polar surface area (TPSA) is 52.6 Å².